The highest BCUT2D eigenvalue weighted by Gasteiger charge is 2.58. The number of carbonyl (C=O) groups excluding carboxylic acids is 2. The molecule has 2 rings (SSSR count). The molecule has 0 aliphatic carbocycles. The molecule has 2 heterocycles. The number of hydrogen-bond acceptors (Lipinski definition) is 7. The maximum Gasteiger partial charge on any atom is 0.330 e. The van der Waals surface area contributed by atoms with Gasteiger partial charge >= 0.3 is 17.6 Å². The van der Waals surface area contributed by atoms with Crippen LogP contribution in [0.1, 0.15) is 27.0 Å². The Balaban J connectivity index is 2.38. The molecule has 1 aliphatic rings. The predicted molar refractivity (Wildman–Crippen MR) is 76.9 cm³/mol. The van der Waals surface area contributed by atoms with Crippen LogP contribution in [0, 0.1) is 0 Å². The van der Waals surface area contributed by atoms with Gasteiger partial charge in [0.2, 0.25) is 0 Å². The molecule has 0 saturated carbocycles. The molecule has 4 atom stereocenters. The number of esters is 2. The van der Waals surface area contributed by atoms with Crippen molar-refractivity contribution >= 4 is 11.9 Å². The van der Waals surface area contributed by atoms with Gasteiger partial charge in [-0.2, -0.15) is 0 Å². The van der Waals surface area contributed by atoms with E-state index in [-0.39, 0.29) is 6.61 Å². The van der Waals surface area contributed by atoms with Crippen LogP contribution in [0.3, 0.4) is 0 Å². The Morgan fingerprint density at radius 1 is 1.38 bits per heavy atom. The monoisotopic (exact) mass is 344 g/mol. The summed E-state index contributed by atoms with van der Waals surface area (Å²) in [5, 5.41) is 0. The van der Waals surface area contributed by atoms with Crippen LogP contribution in [0.4, 0.5) is 4.39 Å². The van der Waals surface area contributed by atoms with E-state index in [1.165, 1.54) is 0 Å². The van der Waals surface area contributed by atoms with E-state index in [1.807, 2.05) is 4.98 Å². The van der Waals surface area contributed by atoms with Gasteiger partial charge in [0.1, 0.15) is 12.7 Å². The lowest BCUT2D eigenvalue weighted by Gasteiger charge is -2.27. The highest BCUT2D eigenvalue weighted by atomic mass is 19.1. The van der Waals surface area contributed by atoms with Gasteiger partial charge in [0, 0.05) is 26.1 Å². The fourth-order valence-electron chi connectivity index (χ4n) is 2.52. The van der Waals surface area contributed by atoms with Gasteiger partial charge in [-0.05, 0) is 6.92 Å². The Bertz CT molecular complexity index is 754. The first-order chi connectivity index (χ1) is 11.1. The lowest BCUT2D eigenvalue weighted by atomic mass is 9.98. The van der Waals surface area contributed by atoms with Gasteiger partial charge in [-0.1, -0.05) is 0 Å². The minimum atomic E-state index is -2.31. The van der Waals surface area contributed by atoms with Crippen LogP contribution >= 0.6 is 0 Å². The van der Waals surface area contributed by atoms with Crippen LogP contribution in [0.2, 0.25) is 0 Å². The summed E-state index contributed by atoms with van der Waals surface area (Å²) < 4.78 is 31.3. The third kappa shape index (κ3) is 3.53. The lowest BCUT2D eigenvalue weighted by Crippen LogP contribution is -2.46. The largest absolute Gasteiger partial charge is 0.463 e. The summed E-state index contributed by atoms with van der Waals surface area (Å²) >= 11 is 0. The van der Waals surface area contributed by atoms with E-state index in [2.05, 4.69) is 0 Å². The SMILES string of the molecule is CC(=O)OCC1O[C@@H](n2ccc(=O)[nH]c2=O)C(C)(F)[C@H]1OC(C)=O. The maximum atomic E-state index is 15.2. The molecule has 1 N–H and O–H groups in total. The summed E-state index contributed by atoms with van der Waals surface area (Å²) in [5.74, 6) is -1.37. The number of alkyl halides is 1. The van der Waals surface area contributed by atoms with Crippen LogP contribution in [0.5, 0.6) is 0 Å². The summed E-state index contributed by atoms with van der Waals surface area (Å²) in [5.41, 5.74) is -3.84. The molecule has 24 heavy (non-hydrogen) atoms. The summed E-state index contributed by atoms with van der Waals surface area (Å²) in [6.07, 6.45) is -2.93. The van der Waals surface area contributed by atoms with Crippen LogP contribution in [0.15, 0.2) is 21.9 Å². The van der Waals surface area contributed by atoms with Gasteiger partial charge in [0.05, 0.1) is 0 Å². The molecule has 1 fully saturated rings. The molecule has 0 aromatic carbocycles. The Morgan fingerprint density at radius 3 is 2.58 bits per heavy atom. The number of hydrogen-bond donors (Lipinski definition) is 1. The number of H-pyrrole nitrogens is 1. The molecule has 132 valence electrons. The number of nitrogens with one attached hydrogen (secondary N) is 1. The molecule has 9 nitrogen and oxygen atoms in total. The van der Waals surface area contributed by atoms with E-state index in [0.29, 0.717) is 0 Å². The summed E-state index contributed by atoms with van der Waals surface area (Å²) in [7, 11) is 0. The third-order valence-electron chi connectivity index (χ3n) is 3.53. The molecular formula is C14H17FN2O7. The van der Waals surface area contributed by atoms with Crippen LogP contribution in [-0.2, 0) is 23.8 Å². The second-order valence-electron chi connectivity index (χ2n) is 5.53. The van der Waals surface area contributed by atoms with Gasteiger partial charge in [0.25, 0.3) is 5.56 Å². The molecule has 1 aliphatic heterocycles. The Labute approximate surface area is 135 Å². The van der Waals surface area contributed by atoms with Crippen molar-refractivity contribution in [3.63, 3.8) is 0 Å². The highest BCUT2D eigenvalue weighted by molar-refractivity contribution is 5.66. The second kappa shape index (κ2) is 6.56. The van der Waals surface area contributed by atoms with Crippen LogP contribution < -0.4 is 11.2 Å². The molecule has 1 aromatic heterocycles. The minimum Gasteiger partial charge on any atom is -0.463 e. The van der Waals surface area contributed by atoms with Gasteiger partial charge in [-0.3, -0.25) is 23.9 Å². The van der Waals surface area contributed by atoms with Gasteiger partial charge in [0.15, 0.2) is 18.0 Å². The van der Waals surface area contributed by atoms with Crippen molar-refractivity contribution in [2.45, 2.75) is 44.9 Å². The van der Waals surface area contributed by atoms with Gasteiger partial charge < -0.3 is 14.2 Å². The first-order valence-corrected chi connectivity index (χ1v) is 7.09. The minimum absolute atomic E-state index is 0.360. The van der Waals surface area contributed by atoms with E-state index in [0.717, 1.165) is 37.6 Å². The van der Waals surface area contributed by atoms with Crippen molar-refractivity contribution in [2.24, 2.45) is 0 Å². The zero-order valence-corrected chi connectivity index (χ0v) is 13.3. The predicted octanol–water partition coefficient (Wildman–Crippen LogP) is -0.343. The highest BCUT2D eigenvalue weighted by Crippen LogP contribution is 2.42. The Hall–Kier alpha value is -2.49. The molecule has 1 aromatic rings. The molecule has 2 unspecified atom stereocenters. The maximum absolute atomic E-state index is 15.2. The molecule has 1 saturated heterocycles. The number of ether oxygens (including phenoxy) is 3. The second-order valence-corrected chi connectivity index (χ2v) is 5.53. The number of aromatic nitrogens is 2. The standard InChI is InChI=1S/C14H17FN2O7/c1-7(18)22-6-9-11(23-8(2)19)14(3,15)12(24-9)17-5-4-10(20)16-13(17)21/h4-5,9,11-12H,6H2,1-3H3,(H,16,20,21)/t9?,11-,12+,14?/m0/s1. The van der Waals surface area contributed by atoms with Crippen molar-refractivity contribution in [2.75, 3.05) is 6.61 Å². The quantitative estimate of drug-likeness (QED) is 0.742. The van der Waals surface area contributed by atoms with Crippen molar-refractivity contribution < 1.29 is 28.2 Å². The number of nitrogens with zero attached hydrogens (tertiary/aromatic N) is 1. The molecule has 0 radical (unpaired) electrons. The normalized spacial score (nSPS) is 29.2. The summed E-state index contributed by atoms with van der Waals surface area (Å²) in [6, 6.07) is 1.03. The average molecular weight is 344 g/mol. The molecule has 0 amide bonds. The number of aromatic amines is 1. The lowest BCUT2D eigenvalue weighted by molar-refractivity contribution is -0.158. The van der Waals surface area contributed by atoms with E-state index < -0.39 is 47.3 Å². The smallest absolute Gasteiger partial charge is 0.330 e. The third-order valence-corrected chi connectivity index (χ3v) is 3.53. The number of carbonyl (C=O) groups is 2. The van der Waals surface area contributed by atoms with E-state index >= 15 is 4.39 Å². The van der Waals surface area contributed by atoms with Crippen molar-refractivity contribution in [3.8, 4) is 0 Å². The Kier molecular flexibility index (Phi) is 4.88. The van der Waals surface area contributed by atoms with Crippen LogP contribution in [-0.4, -0.2) is 46.0 Å². The van der Waals surface area contributed by atoms with Gasteiger partial charge in [-0.25, -0.2) is 9.18 Å². The topological polar surface area (TPSA) is 117 Å². The zero-order valence-electron chi connectivity index (χ0n) is 13.3. The van der Waals surface area contributed by atoms with Crippen LogP contribution in [0.25, 0.3) is 0 Å². The molecule has 10 heteroatoms. The first kappa shape index (κ1) is 17.9. The number of rotatable bonds is 4. The van der Waals surface area contributed by atoms with Crippen molar-refractivity contribution in [3.05, 3.63) is 33.1 Å². The first-order valence-electron chi connectivity index (χ1n) is 7.09. The molecular weight excluding hydrogens is 327 g/mol. The van der Waals surface area contributed by atoms with E-state index in [9.17, 15) is 19.2 Å². The van der Waals surface area contributed by atoms with E-state index in [1.54, 1.807) is 0 Å². The van der Waals surface area contributed by atoms with Crippen molar-refractivity contribution in [1.82, 2.24) is 9.55 Å². The van der Waals surface area contributed by atoms with Crippen molar-refractivity contribution in [1.29, 1.82) is 0 Å². The average Bonchev–Trinajstić information content (AvgIpc) is 2.68. The Morgan fingerprint density at radius 2 is 2.04 bits per heavy atom. The fraction of sp³-hybridized carbons (Fsp3) is 0.571. The summed E-state index contributed by atoms with van der Waals surface area (Å²) in [6.45, 7) is 2.99. The molecule has 0 spiro atoms. The number of halogens is 1. The van der Waals surface area contributed by atoms with E-state index in [4.69, 9.17) is 14.2 Å². The van der Waals surface area contributed by atoms with Gasteiger partial charge in [-0.15, -0.1) is 0 Å². The zero-order chi connectivity index (χ0) is 18.1. The molecule has 0 bridgehead atoms. The fourth-order valence-corrected chi connectivity index (χ4v) is 2.52. The summed E-state index contributed by atoms with van der Waals surface area (Å²) in [4.78, 5) is 47.2.